The first-order chi connectivity index (χ1) is 14.3. The number of hydrogen-bond donors (Lipinski definition) is 1. The minimum Gasteiger partial charge on any atom is -0.384 e. The van der Waals surface area contributed by atoms with Gasteiger partial charge in [0.05, 0.1) is 0 Å². The van der Waals surface area contributed by atoms with Gasteiger partial charge in [-0.25, -0.2) is 0 Å². The van der Waals surface area contributed by atoms with Gasteiger partial charge in [-0.3, -0.25) is 9.97 Å². The molecule has 3 nitrogen and oxygen atoms in total. The van der Waals surface area contributed by atoms with Gasteiger partial charge in [0.2, 0.25) is 0 Å². The SMILES string of the molecule is C=C1C2=C(C3=CC3)C=CC2C(NCc2cccnc2)=CC1CCc1cccnc1. The van der Waals surface area contributed by atoms with Crippen LogP contribution in [0, 0.1) is 11.8 Å². The molecule has 0 aromatic carbocycles. The molecule has 0 saturated heterocycles. The first-order valence-electron chi connectivity index (χ1n) is 10.3. The van der Waals surface area contributed by atoms with Crippen molar-refractivity contribution >= 4 is 0 Å². The molecule has 0 spiro atoms. The Labute approximate surface area is 172 Å². The molecule has 0 bridgehead atoms. The van der Waals surface area contributed by atoms with Crippen LogP contribution in [0.25, 0.3) is 0 Å². The molecule has 0 aliphatic heterocycles. The summed E-state index contributed by atoms with van der Waals surface area (Å²) in [6, 6.07) is 8.27. The van der Waals surface area contributed by atoms with Gasteiger partial charge < -0.3 is 5.32 Å². The van der Waals surface area contributed by atoms with E-state index in [4.69, 9.17) is 0 Å². The van der Waals surface area contributed by atoms with Gasteiger partial charge in [-0.2, -0.15) is 0 Å². The van der Waals surface area contributed by atoms with E-state index in [-0.39, 0.29) is 0 Å². The summed E-state index contributed by atoms with van der Waals surface area (Å²) in [5.74, 6) is 0.636. The summed E-state index contributed by atoms with van der Waals surface area (Å²) in [6.07, 6.45) is 20.1. The van der Waals surface area contributed by atoms with Crippen LogP contribution in [0.5, 0.6) is 0 Å². The maximum atomic E-state index is 4.54. The monoisotopic (exact) mass is 379 g/mol. The Bertz CT molecular complexity index is 1040. The van der Waals surface area contributed by atoms with Crippen molar-refractivity contribution in [1.82, 2.24) is 15.3 Å². The van der Waals surface area contributed by atoms with E-state index in [9.17, 15) is 0 Å². The standard InChI is InChI=1S/C26H25N3/c1-18-22(7-6-19-4-2-12-27-15-19)14-25(29-17-20-5-3-13-28-16-20)24-11-10-23(26(18)24)21-8-9-21/h2-5,8,10-16,22,24,29H,1,6-7,9,17H2. The molecule has 3 aliphatic rings. The van der Waals surface area contributed by atoms with Gasteiger partial charge in [0.1, 0.15) is 0 Å². The second-order valence-corrected chi connectivity index (χ2v) is 7.97. The highest BCUT2D eigenvalue weighted by atomic mass is 14.9. The molecular formula is C26H25N3. The van der Waals surface area contributed by atoms with Gasteiger partial charge in [0.15, 0.2) is 0 Å². The Morgan fingerprint density at radius 2 is 1.83 bits per heavy atom. The number of nitrogens with one attached hydrogen (secondary N) is 1. The highest BCUT2D eigenvalue weighted by molar-refractivity contribution is 5.64. The van der Waals surface area contributed by atoms with Crippen molar-refractivity contribution in [1.29, 1.82) is 0 Å². The van der Waals surface area contributed by atoms with E-state index in [0.717, 1.165) is 25.8 Å². The zero-order valence-corrected chi connectivity index (χ0v) is 16.5. The Morgan fingerprint density at radius 3 is 2.52 bits per heavy atom. The fraction of sp³-hybridized carbons (Fsp3) is 0.231. The molecule has 5 rings (SSSR count). The molecule has 0 amide bonds. The summed E-state index contributed by atoms with van der Waals surface area (Å²) >= 11 is 0. The highest BCUT2D eigenvalue weighted by Crippen LogP contribution is 2.47. The predicted molar refractivity (Wildman–Crippen MR) is 117 cm³/mol. The van der Waals surface area contributed by atoms with Crippen molar-refractivity contribution < 1.29 is 0 Å². The van der Waals surface area contributed by atoms with Crippen LogP contribution in [-0.2, 0) is 13.0 Å². The number of allylic oxidation sites excluding steroid dienone is 7. The predicted octanol–water partition coefficient (Wildman–Crippen LogP) is 5.08. The van der Waals surface area contributed by atoms with E-state index >= 15 is 0 Å². The summed E-state index contributed by atoms with van der Waals surface area (Å²) in [7, 11) is 0. The van der Waals surface area contributed by atoms with Crippen molar-refractivity contribution in [2.75, 3.05) is 0 Å². The third kappa shape index (κ3) is 3.73. The molecule has 3 heteroatoms. The summed E-state index contributed by atoms with van der Waals surface area (Å²) in [5, 5.41) is 3.70. The lowest BCUT2D eigenvalue weighted by Gasteiger charge is -2.32. The van der Waals surface area contributed by atoms with Gasteiger partial charge >= 0.3 is 0 Å². The number of hydrogen-bond acceptors (Lipinski definition) is 3. The van der Waals surface area contributed by atoms with Crippen LogP contribution < -0.4 is 5.32 Å². The average molecular weight is 380 g/mol. The topological polar surface area (TPSA) is 37.8 Å². The van der Waals surface area contributed by atoms with Crippen LogP contribution in [-0.4, -0.2) is 9.97 Å². The van der Waals surface area contributed by atoms with Crippen molar-refractivity contribution in [3.63, 3.8) is 0 Å². The first kappa shape index (κ1) is 17.9. The second-order valence-electron chi connectivity index (χ2n) is 7.97. The molecule has 29 heavy (non-hydrogen) atoms. The number of nitrogens with zero attached hydrogens (tertiary/aromatic N) is 2. The van der Waals surface area contributed by atoms with Crippen molar-refractivity contribution in [2.24, 2.45) is 11.8 Å². The van der Waals surface area contributed by atoms with Gasteiger partial charge in [0.25, 0.3) is 0 Å². The van der Waals surface area contributed by atoms with Crippen LogP contribution >= 0.6 is 0 Å². The van der Waals surface area contributed by atoms with E-state index in [1.807, 2.05) is 36.9 Å². The number of aryl methyl sites for hydroxylation is 1. The molecule has 2 aromatic rings. The third-order valence-corrected chi connectivity index (χ3v) is 6.01. The summed E-state index contributed by atoms with van der Waals surface area (Å²) < 4.78 is 0. The lowest BCUT2D eigenvalue weighted by atomic mass is 9.76. The zero-order chi connectivity index (χ0) is 19.6. The summed E-state index contributed by atoms with van der Waals surface area (Å²) in [6.45, 7) is 5.33. The van der Waals surface area contributed by atoms with E-state index in [1.165, 1.54) is 39.1 Å². The lowest BCUT2D eigenvalue weighted by Crippen LogP contribution is -2.27. The maximum Gasteiger partial charge on any atom is 0.0426 e. The molecule has 0 radical (unpaired) electrons. The van der Waals surface area contributed by atoms with E-state index in [0.29, 0.717) is 11.8 Å². The van der Waals surface area contributed by atoms with E-state index < -0.39 is 0 Å². The first-order valence-corrected chi connectivity index (χ1v) is 10.3. The Morgan fingerprint density at radius 1 is 1.07 bits per heavy atom. The number of pyridine rings is 2. The van der Waals surface area contributed by atoms with Crippen molar-refractivity contribution in [3.8, 4) is 0 Å². The summed E-state index contributed by atoms with van der Waals surface area (Å²) in [5.41, 5.74) is 9.34. The second kappa shape index (κ2) is 7.67. The normalized spacial score (nSPS) is 22.3. The highest BCUT2D eigenvalue weighted by Gasteiger charge is 2.35. The van der Waals surface area contributed by atoms with E-state index in [1.54, 1.807) is 0 Å². The average Bonchev–Trinajstić information content (AvgIpc) is 3.52. The third-order valence-electron chi connectivity index (χ3n) is 6.01. The van der Waals surface area contributed by atoms with Crippen LogP contribution in [0.1, 0.15) is 24.0 Å². The Balaban J connectivity index is 1.40. The minimum absolute atomic E-state index is 0.297. The van der Waals surface area contributed by atoms with Gasteiger partial charge in [-0.05, 0) is 64.8 Å². The minimum atomic E-state index is 0.297. The van der Waals surface area contributed by atoms with Crippen LogP contribution in [0.4, 0.5) is 0 Å². The number of aromatic nitrogens is 2. The zero-order valence-electron chi connectivity index (χ0n) is 16.5. The largest absolute Gasteiger partial charge is 0.384 e. The molecule has 3 aliphatic carbocycles. The fourth-order valence-corrected chi connectivity index (χ4v) is 4.35. The van der Waals surface area contributed by atoms with Crippen LogP contribution in [0.15, 0.2) is 108 Å². The summed E-state index contributed by atoms with van der Waals surface area (Å²) in [4.78, 5) is 8.50. The lowest BCUT2D eigenvalue weighted by molar-refractivity contribution is 0.601. The van der Waals surface area contributed by atoms with Crippen LogP contribution in [0.3, 0.4) is 0 Å². The molecular weight excluding hydrogens is 354 g/mol. The van der Waals surface area contributed by atoms with Gasteiger partial charge in [-0.1, -0.05) is 43.0 Å². The fourth-order valence-electron chi connectivity index (χ4n) is 4.35. The Kier molecular flexibility index (Phi) is 4.73. The number of fused-ring (bicyclic) bond motifs is 1. The van der Waals surface area contributed by atoms with Gasteiger partial charge in [0, 0.05) is 48.9 Å². The smallest absolute Gasteiger partial charge is 0.0426 e. The quantitative estimate of drug-likeness (QED) is 0.729. The molecule has 2 atom stereocenters. The maximum absolute atomic E-state index is 4.54. The van der Waals surface area contributed by atoms with Crippen molar-refractivity contribution in [2.45, 2.75) is 25.8 Å². The Hall–Kier alpha value is -3.20. The molecule has 144 valence electrons. The van der Waals surface area contributed by atoms with Crippen molar-refractivity contribution in [3.05, 3.63) is 119 Å². The molecule has 2 unspecified atom stereocenters. The molecule has 2 heterocycles. The molecule has 0 saturated carbocycles. The molecule has 0 fully saturated rings. The number of rotatable bonds is 7. The van der Waals surface area contributed by atoms with Crippen LogP contribution in [0.2, 0.25) is 0 Å². The van der Waals surface area contributed by atoms with E-state index in [2.05, 4.69) is 58.3 Å². The van der Waals surface area contributed by atoms with Gasteiger partial charge in [-0.15, -0.1) is 0 Å². The molecule has 2 aromatic heterocycles. The molecule has 1 N–H and O–H groups in total.